The number of hydrogen-bond donors (Lipinski definition) is 1. The van der Waals surface area contributed by atoms with Crippen molar-refractivity contribution in [1.82, 2.24) is 15.3 Å². The molecule has 120 valence electrons. The molecule has 0 bridgehead atoms. The average Bonchev–Trinajstić information content (AvgIpc) is 2.43. The maximum absolute atomic E-state index is 5.92. The molecule has 1 atom stereocenters. The minimum absolute atomic E-state index is 0.0174. The summed E-state index contributed by atoms with van der Waals surface area (Å²) in [6.45, 7) is 14.3. The van der Waals surface area contributed by atoms with Gasteiger partial charge in [-0.15, -0.1) is 0 Å². The first-order chi connectivity index (χ1) is 9.93. The van der Waals surface area contributed by atoms with Gasteiger partial charge >= 0.3 is 0 Å². The largest absolute Gasteiger partial charge is 0.485 e. The highest BCUT2D eigenvalue weighted by Gasteiger charge is 2.14. The average molecular weight is 295 g/mol. The molecular weight excluding hydrogens is 266 g/mol. The van der Waals surface area contributed by atoms with E-state index in [4.69, 9.17) is 9.47 Å². The maximum Gasteiger partial charge on any atom is 0.160 e. The van der Waals surface area contributed by atoms with E-state index in [0.29, 0.717) is 31.7 Å². The summed E-state index contributed by atoms with van der Waals surface area (Å²) in [7, 11) is 0. The molecule has 0 radical (unpaired) electrons. The highest BCUT2D eigenvalue weighted by Crippen LogP contribution is 2.20. The van der Waals surface area contributed by atoms with Gasteiger partial charge in [-0.3, -0.25) is 0 Å². The van der Waals surface area contributed by atoms with Crippen molar-refractivity contribution in [1.29, 1.82) is 0 Å². The number of hydrogen-bond acceptors (Lipinski definition) is 5. The number of rotatable bonds is 9. The third-order valence-corrected chi connectivity index (χ3v) is 2.93. The lowest BCUT2D eigenvalue weighted by Crippen LogP contribution is -2.25. The topological polar surface area (TPSA) is 56.3 Å². The van der Waals surface area contributed by atoms with Crippen LogP contribution in [0.25, 0.3) is 0 Å². The molecule has 0 aliphatic carbocycles. The number of aromatic nitrogens is 2. The molecule has 1 aromatic rings. The van der Waals surface area contributed by atoms with Gasteiger partial charge in [-0.05, 0) is 13.8 Å². The fourth-order valence-corrected chi connectivity index (χ4v) is 1.76. The van der Waals surface area contributed by atoms with Crippen LogP contribution in [0.1, 0.15) is 59.0 Å². The van der Waals surface area contributed by atoms with Crippen molar-refractivity contribution in [3.05, 3.63) is 17.7 Å². The van der Waals surface area contributed by atoms with Crippen molar-refractivity contribution in [3.63, 3.8) is 0 Å². The minimum Gasteiger partial charge on any atom is -0.485 e. The Morgan fingerprint density at radius 2 is 1.90 bits per heavy atom. The highest BCUT2D eigenvalue weighted by atomic mass is 16.5. The molecular formula is C16H29N3O2. The molecule has 0 aliphatic rings. The summed E-state index contributed by atoms with van der Waals surface area (Å²) in [6, 6.07) is 0.399. The Morgan fingerprint density at radius 3 is 2.48 bits per heavy atom. The van der Waals surface area contributed by atoms with E-state index in [1.165, 1.54) is 0 Å². The smallest absolute Gasteiger partial charge is 0.160 e. The molecule has 1 heterocycles. The van der Waals surface area contributed by atoms with E-state index < -0.39 is 0 Å². The number of nitrogens with zero attached hydrogens (tertiary/aromatic N) is 2. The molecule has 1 N–H and O–H groups in total. The maximum atomic E-state index is 5.92. The van der Waals surface area contributed by atoms with E-state index in [1.807, 2.05) is 13.8 Å². The van der Waals surface area contributed by atoms with Crippen LogP contribution in [0.3, 0.4) is 0 Å². The summed E-state index contributed by atoms with van der Waals surface area (Å²) >= 11 is 0. The van der Waals surface area contributed by atoms with Gasteiger partial charge in [-0.2, -0.15) is 0 Å². The second-order valence-electron chi connectivity index (χ2n) is 5.82. The lowest BCUT2D eigenvalue weighted by atomic mass is 10.2. The summed E-state index contributed by atoms with van der Waals surface area (Å²) in [5.41, 5.74) is 0.908. The summed E-state index contributed by atoms with van der Waals surface area (Å²) in [5, 5.41) is 3.38. The first-order valence-corrected chi connectivity index (χ1v) is 7.77. The third kappa shape index (κ3) is 6.40. The van der Waals surface area contributed by atoms with E-state index in [0.717, 1.165) is 17.3 Å². The van der Waals surface area contributed by atoms with Crippen LogP contribution < -0.4 is 10.1 Å². The van der Waals surface area contributed by atoms with Gasteiger partial charge in [0.05, 0.1) is 18.5 Å². The molecule has 0 saturated heterocycles. The van der Waals surface area contributed by atoms with Gasteiger partial charge in [0, 0.05) is 25.1 Å². The second kappa shape index (κ2) is 8.95. The van der Waals surface area contributed by atoms with Gasteiger partial charge in [0.2, 0.25) is 0 Å². The summed E-state index contributed by atoms with van der Waals surface area (Å²) in [5.74, 6) is 1.89. The summed E-state index contributed by atoms with van der Waals surface area (Å²) in [6.07, 6.45) is 1.76. The Bertz CT molecular complexity index is 422. The molecule has 0 amide bonds. The Hall–Kier alpha value is -1.20. The standard InChI is InChI=1S/C16H29N3O2/c1-7-20-10-13(6)21-15-9-18-16(11(2)3)19-14(15)8-17-12(4)5/h9,11-13,17H,7-8,10H2,1-6H3. The van der Waals surface area contributed by atoms with Crippen LogP contribution in [0.4, 0.5) is 0 Å². The first kappa shape index (κ1) is 17.9. The van der Waals surface area contributed by atoms with E-state index in [9.17, 15) is 0 Å². The number of nitrogens with one attached hydrogen (secondary N) is 1. The normalized spacial score (nSPS) is 13.0. The van der Waals surface area contributed by atoms with E-state index >= 15 is 0 Å². The monoisotopic (exact) mass is 295 g/mol. The molecule has 5 nitrogen and oxygen atoms in total. The predicted molar refractivity (Wildman–Crippen MR) is 84.7 cm³/mol. The molecule has 0 aliphatic heterocycles. The molecule has 1 rings (SSSR count). The molecule has 21 heavy (non-hydrogen) atoms. The van der Waals surface area contributed by atoms with Crippen LogP contribution in [-0.2, 0) is 11.3 Å². The minimum atomic E-state index is -0.0174. The third-order valence-electron chi connectivity index (χ3n) is 2.93. The summed E-state index contributed by atoms with van der Waals surface area (Å²) < 4.78 is 11.3. The molecule has 1 aromatic heterocycles. The van der Waals surface area contributed by atoms with E-state index in [2.05, 4.69) is 43.0 Å². The van der Waals surface area contributed by atoms with Crippen LogP contribution in [0.2, 0.25) is 0 Å². The lowest BCUT2D eigenvalue weighted by molar-refractivity contribution is 0.0646. The molecule has 0 spiro atoms. The van der Waals surface area contributed by atoms with Gasteiger partial charge < -0.3 is 14.8 Å². The van der Waals surface area contributed by atoms with Crippen molar-refractivity contribution in [2.75, 3.05) is 13.2 Å². The molecule has 5 heteroatoms. The van der Waals surface area contributed by atoms with Gasteiger partial charge in [-0.1, -0.05) is 27.7 Å². The molecule has 1 unspecified atom stereocenters. The SMILES string of the molecule is CCOCC(C)Oc1cnc(C(C)C)nc1CNC(C)C. The lowest BCUT2D eigenvalue weighted by Gasteiger charge is -2.18. The molecule has 0 saturated carbocycles. The van der Waals surface area contributed by atoms with Crippen molar-refractivity contribution in [2.24, 2.45) is 0 Å². The Labute approximate surface area is 128 Å². The van der Waals surface area contributed by atoms with E-state index in [-0.39, 0.29) is 6.10 Å². The fraction of sp³-hybridized carbons (Fsp3) is 0.750. The predicted octanol–water partition coefficient (Wildman–Crippen LogP) is 2.90. The van der Waals surface area contributed by atoms with Crippen molar-refractivity contribution in [3.8, 4) is 5.75 Å². The Balaban J connectivity index is 2.84. The van der Waals surface area contributed by atoms with Gasteiger partial charge in [0.1, 0.15) is 11.9 Å². The van der Waals surface area contributed by atoms with Crippen LogP contribution in [0.15, 0.2) is 6.20 Å². The zero-order valence-corrected chi connectivity index (χ0v) is 14.1. The zero-order valence-electron chi connectivity index (χ0n) is 14.1. The van der Waals surface area contributed by atoms with Crippen LogP contribution >= 0.6 is 0 Å². The fourth-order valence-electron chi connectivity index (χ4n) is 1.76. The zero-order chi connectivity index (χ0) is 15.8. The van der Waals surface area contributed by atoms with Crippen LogP contribution in [-0.4, -0.2) is 35.3 Å². The van der Waals surface area contributed by atoms with Gasteiger partial charge in [-0.25, -0.2) is 9.97 Å². The van der Waals surface area contributed by atoms with Gasteiger partial charge in [0.15, 0.2) is 5.75 Å². The first-order valence-electron chi connectivity index (χ1n) is 7.77. The van der Waals surface area contributed by atoms with E-state index in [1.54, 1.807) is 6.20 Å². The molecule has 0 aromatic carbocycles. The quantitative estimate of drug-likeness (QED) is 0.759. The summed E-state index contributed by atoms with van der Waals surface area (Å²) in [4.78, 5) is 9.03. The van der Waals surface area contributed by atoms with Crippen LogP contribution in [0, 0.1) is 0 Å². The number of ether oxygens (including phenoxy) is 2. The van der Waals surface area contributed by atoms with Crippen molar-refractivity contribution < 1.29 is 9.47 Å². The Morgan fingerprint density at radius 1 is 1.19 bits per heavy atom. The van der Waals surface area contributed by atoms with Crippen molar-refractivity contribution in [2.45, 2.75) is 66.2 Å². The van der Waals surface area contributed by atoms with Gasteiger partial charge in [0.25, 0.3) is 0 Å². The molecule has 0 fully saturated rings. The Kier molecular flexibility index (Phi) is 7.61. The highest BCUT2D eigenvalue weighted by molar-refractivity contribution is 5.25. The van der Waals surface area contributed by atoms with Crippen molar-refractivity contribution >= 4 is 0 Å². The van der Waals surface area contributed by atoms with Crippen LogP contribution in [0.5, 0.6) is 5.75 Å². The second-order valence-corrected chi connectivity index (χ2v) is 5.82.